The van der Waals surface area contributed by atoms with Crippen LogP contribution in [0.2, 0.25) is 0 Å². The lowest BCUT2D eigenvalue weighted by atomic mass is 9.95. The Morgan fingerprint density at radius 2 is 2.00 bits per heavy atom. The van der Waals surface area contributed by atoms with Crippen molar-refractivity contribution in [3.8, 4) is 6.07 Å². The number of nitrogens with one attached hydrogen (secondary N) is 2. The van der Waals surface area contributed by atoms with Crippen molar-refractivity contribution in [3.05, 3.63) is 18.5 Å². The van der Waals surface area contributed by atoms with Crippen LogP contribution in [0, 0.1) is 17.2 Å². The first kappa shape index (κ1) is 17.3. The predicted molar refractivity (Wildman–Crippen MR) is 94.0 cm³/mol. The maximum Gasteiger partial charge on any atom is 0.225 e. The van der Waals surface area contributed by atoms with E-state index in [4.69, 9.17) is 5.26 Å². The van der Waals surface area contributed by atoms with E-state index in [0.717, 1.165) is 31.6 Å². The third-order valence-electron chi connectivity index (χ3n) is 5.87. The molecule has 0 aromatic carbocycles. The number of nitrogens with zero attached hydrogens (tertiary/aromatic N) is 4. The summed E-state index contributed by atoms with van der Waals surface area (Å²) >= 11 is 0. The number of Topliss-reactive ketones (excluding diaryl/α,β-unsaturated/α-hetero) is 1. The van der Waals surface area contributed by atoms with Crippen molar-refractivity contribution in [2.24, 2.45) is 5.92 Å². The summed E-state index contributed by atoms with van der Waals surface area (Å²) in [6, 6.07) is 4.44. The van der Waals surface area contributed by atoms with Gasteiger partial charge in [0.25, 0.3) is 0 Å². The molecule has 0 amide bonds. The summed E-state index contributed by atoms with van der Waals surface area (Å²) in [6.07, 6.45) is 6.73. The van der Waals surface area contributed by atoms with Crippen LogP contribution in [0.15, 0.2) is 18.5 Å². The van der Waals surface area contributed by atoms with Crippen LogP contribution in [-0.4, -0.2) is 57.8 Å². The normalized spacial score (nSPS) is 34.5. The Kier molecular flexibility index (Phi) is 4.85. The van der Waals surface area contributed by atoms with E-state index in [2.05, 4.69) is 31.6 Å². The van der Waals surface area contributed by atoms with E-state index >= 15 is 0 Å². The molecule has 3 saturated heterocycles. The highest BCUT2D eigenvalue weighted by atomic mass is 16.3. The summed E-state index contributed by atoms with van der Waals surface area (Å²) in [5, 5.41) is 25.4. The van der Waals surface area contributed by atoms with Gasteiger partial charge in [-0.05, 0) is 38.2 Å². The average Bonchev–Trinajstić information content (AvgIpc) is 3.24. The highest BCUT2D eigenvalue weighted by Crippen LogP contribution is 2.37. The van der Waals surface area contributed by atoms with Gasteiger partial charge in [-0.25, -0.2) is 9.97 Å². The maximum atomic E-state index is 12.5. The van der Waals surface area contributed by atoms with Crippen LogP contribution in [0.5, 0.6) is 0 Å². The number of piperidine rings is 1. The number of hydrogen-bond donors (Lipinski definition) is 3. The number of aliphatic hydroxyl groups excluding tert-OH is 1. The minimum absolute atomic E-state index is 0.104. The lowest BCUT2D eigenvalue weighted by molar-refractivity contribution is -0.132. The number of rotatable bonds is 5. The van der Waals surface area contributed by atoms with Gasteiger partial charge in [0.1, 0.15) is 0 Å². The van der Waals surface area contributed by atoms with Crippen molar-refractivity contribution in [1.29, 1.82) is 5.26 Å². The van der Waals surface area contributed by atoms with Gasteiger partial charge in [0.05, 0.1) is 12.1 Å². The maximum absolute atomic E-state index is 12.5. The van der Waals surface area contributed by atoms with Crippen LogP contribution in [-0.2, 0) is 4.79 Å². The summed E-state index contributed by atoms with van der Waals surface area (Å²) in [4.78, 5) is 23.5. The molecule has 3 N–H and O–H groups in total. The summed E-state index contributed by atoms with van der Waals surface area (Å²) in [7, 11) is 0. The molecule has 138 valence electrons. The quantitative estimate of drug-likeness (QED) is 0.630. The number of hydrogen-bond acceptors (Lipinski definition) is 8. The SMILES string of the molecule is N#C[C@@H]1C[C@@H](C(=O)C(O)NC2CC3CCC(C2)N3c2ncccn2)CN1. The average molecular weight is 356 g/mol. The second-order valence-electron chi connectivity index (χ2n) is 7.50. The number of carbonyl (C=O) groups excluding carboxylic acids is 1. The lowest BCUT2D eigenvalue weighted by Crippen LogP contribution is -2.54. The van der Waals surface area contributed by atoms with Gasteiger partial charge in [0.15, 0.2) is 12.0 Å². The van der Waals surface area contributed by atoms with Crippen molar-refractivity contribution in [3.63, 3.8) is 0 Å². The standard InChI is InChI=1S/C18H24N6O2/c19-9-13-6-11(10-22-13)16(25)17(26)23-12-7-14-2-3-15(8-12)24(14)18-20-4-1-5-21-18/h1,4-5,11-15,17,22-23,26H,2-3,6-8,10H2/t11-,12?,13+,14?,15?,17?/m1/s1. The van der Waals surface area contributed by atoms with Gasteiger partial charge >= 0.3 is 0 Å². The molecule has 3 unspecified atom stereocenters. The van der Waals surface area contributed by atoms with Crippen molar-refractivity contribution in [1.82, 2.24) is 20.6 Å². The molecule has 0 saturated carbocycles. The number of fused-ring (bicyclic) bond motifs is 2. The molecule has 3 aliphatic heterocycles. The summed E-state index contributed by atoms with van der Waals surface area (Å²) in [6.45, 7) is 0.463. The van der Waals surface area contributed by atoms with E-state index in [9.17, 15) is 9.90 Å². The molecule has 8 nitrogen and oxygen atoms in total. The lowest BCUT2D eigenvalue weighted by Gasteiger charge is -2.39. The zero-order valence-electron chi connectivity index (χ0n) is 14.6. The number of carbonyl (C=O) groups is 1. The smallest absolute Gasteiger partial charge is 0.225 e. The molecule has 0 radical (unpaired) electrons. The first-order chi connectivity index (χ1) is 12.7. The van der Waals surface area contributed by atoms with Crippen LogP contribution >= 0.6 is 0 Å². The first-order valence-corrected chi connectivity index (χ1v) is 9.32. The van der Waals surface area contributed by atoms with Crippen LogP contribution in [0.4, 0.5) is 5.95 Å². The molecular formula is C18H24N6O2. The molecule has 1 aromatic rings. The number of aromatic nitrogens is 2. The fourth-order valence-electron chi connectivity index (χ4n) is 4.64. The van der Waals surface area contributed by atoms with E-state index in [-0.39, 0.29) is 23.8 Å². The fourth-order valence-corrected chi connectivity index (χ4v) is 4.64. The second kappa shape index (κ2) is 7.27. The van der Waals surface area contributed by atoms with Crippen LogP contribution < -0.4 is 15.5 Å². The summed E-state index contributed by atoms with van der Waals surface area (Å²) in [5.74, 6) is 0.266. The minimum Gasteiger partial charge on any atom is -0.371 e. The molecule has 1 aromatic heterocycles. The molecule has 8 heteroatoms. The predicted octanol–water partition coefficient (Wildman–Crippen LogP) is -0.0448. The van der Waals surface area contributed by atoms with Crippen molar-refractivity contribution < 1.29 is 9.90 Å². The molecular weight excluding hydrogens is 332 g/mol. The molecule has 0 aliphatic carbocycles. The molecule has 4 heterocycles. The molecule has 4 rings (SSSR count). The van der Waals surface area contributed by atoms with E-state index in [1.54, 1.807) is 12.4 Å². The van der Waals surface area contributed by atoms with Gasteiger partial charge in [0, 0.05) is 43.0 Å². The fraction of sp³-hybridized carbons (Fsp3) is 0.667. The number of anilines is 1. The topological polar surface area (TPSA) is 114 Å². The van der Waals surface area contributed by atoms with Crippen molar-refractivity contribution >= 4 is 11.7 Å². The molecule has 5 atom stereocenters. The monoisotopic (exact) mass is 356 g/mol. The van der Waals surface area contributed by atoms with Gasteiger partial charge in [-0.2, -0.15) is 5.26 Å². The first-order valence-electron chi connectivity index (χ1n) is 9.32. The zero-order valence-corrected chi connectivity index (χ0v) is 14.6. The summed E-state index contributed by atoms with van der Waals surface area (Å²) in [5.41, 5.74) is 0. The Morgan fingerprint density at radius 1 is 1.31 bits per heavy atom. The highest BCUT2D eigenvalue weighted by Gasteiger charge is 2.43. The van der Waals surface area contributed by atoms with E-state index in [1.807, 2.05) is 6.07 Å². The van der Waals surface area contributed by atoms with Crippen LogP contribution in [0.1, 0.15) is 32.1 Å². The Morgan fingerprint density at radius 3 is 2.62 bits per heavy atom. The zero-order chi connectivity index (χ0) is 18.1. The minimum atomic E-state index is -1.16. The van der Waals surface area contributed by atoms with E-state index < -0.39 is 6.23 Å². The number of aliphatic hydroxyl groups is 1. The van der Waals surface area contributed by atoms with Gasteiger partial charge in [-0.1, -0.05) is 0 Å². The largest absolute Gasteiger partial charge is 0.371 e. The highest BCUT2D eigenvalue weighted by molar-refractivity contribution is 5.85. The van der Waals surface area contributed by atoms with Crippen molar-refractivity contribution in [2.45, 2.75) is 62.5 Å². The van der Waals surface area contributed by atoms with E-state index in [0.29, 0.717) is 25.0 Å². The Bertz CT molecular complexity index is 679. The Labute approximate surface area is 152 Å². The Balaban J connectivity index is 1.35. The van der Waals surface area contributed by atoms with E-state index in [1.165, 1.54) is 0 Å². The molecule has 3 aliphatic rings. The third kappa shape index (κ3) is 3.30. The molecule has 2 bridgehead atoms. The van der Waals surface area contributed by atoms with Gasteiger partial charge in [-0.15, -0.1) is 0 Å². The van der Waals surface area contributed by atoms with Gasteiger partial charge in [0.2, 0.25) is 5.95 Å². The van der Waals surface area contributed by atoms with Crippen LogP contribution in [0.3, 0.4) is 0 Å². The van der Waals surface area contributed by atoms with Gasteiger partial charge < -0.3 is 15.3 Å². The molecule has 0 spiro atoms. The van der Waals surface area contributed by atoms with Gasteiger partial charge in [-0.3, -0.25) is 10.1 Å². The Hall–Kier alpha value is -2.08. The second-order valence-corrected chi connectivity index (χ2v) is 7.50. The summed E-state index contributed by atoms with van der Waals surface area (Å²) < 4.78 is 0. The molecule has 3 fully saturated rings. The van der Waals surface area contributed by atoms with Crippen molar-refractivity contribution in [2.75, 3.05) is 11.4 Å². The van der Waals surface area contributed by atoms with Crippen LogP contribution in [0.25, 0.3) is 0 Å². The number of nitriles is 1. The number of ketones is 1. The molecule has 26 heavy (non-hydrogen) atoms. The third-order valence-corrected chi connectivity index (χ3v) is 5.87.